The van der Waals surface area contributed by atoms with E-state index in [2.05, 4.69) is 4.98 Å². The minimum atomic E-state index is -0.572. The number of nitrogens with one attached hydrogen (secondary N) is 1. The highest BCUT2D eigenvalue weighted by Gasteiger charge is 2.16. The van der Waals surface area contributed by atoms with Gasteiger partial charge in [0.05, 0.1) is 5.52 Å². The fourth-order valence-corrected chi connectivity index (χ4v) is 2.37. The molecule has 1 amide bonds. The van der Waals surface area contributed by atoms with Crippen LogP contribution in [0, 0.1) is 6.92 Å². The molecular formula is C13H11N3O2. The number of carbonyl (C=O) groups excluding carboxylic acids is 1. The number of nitrogens with two attached hydrogens (primary N) is 1. The first-order chi connectivity index (χ1) is 8.61. The van der Waals surface area contributed by atoms with E-state index in [-0.39, 0.29) is 11.3 Å². The maximum Gasteiger partial charge on any atom is 0.272 e. The molecule has 3 N–H and O–H groups in total. The Morgan fingerprint density at radius 1 is 1.33 bits per heavy atom. The van der Waals surface area contributed by atoms with Gasteiger partial charge in [-0.1, -0.05) is 18.2 Å². The monoisotopic (exact) mass is 241 g/mol. The average Bonchev–Trinajstić information content (AvgIpc) is 2.65. The summed E-state index contributed by atoms with van der Waals surface area (Å²) in [4.78, 5) is 25.9. The van der Waals surface area contributed by atoms with E-state index in [1.54, 1.807) is 4.40 Å². The quantitative estimate of drug-likeness (QED) is 0.671. The van der Waals surface area contributed by atoms with Gasteiger partial charge < -0.3 is 10.7 Å². The zero-order valence-electron chi connectivity index (χ0n) is 9.73. The molecule has 0 aliphatic rings. The van der Waals surface area contributed by atoms with Gasteiger partial charge in [-0.25, -0.2) is 0 Å². The summed E-state index contributed by atoms with van der Waals surface area (Å²) in [6.07, 6.45) is 1.35. The predicted molar refractivity (Wildman–Crippen MR) is 68.8 cm³/mol. The number of fused-ring (bicyclic) bond motifs is 3. The van der Waals surface area contributed by atoms with Crippen molar-refractivity contribution in [3.05, 3.63) is 52.1 Å². The molecule has 1 aromatic carbocycles. The number of hydrogen-bond acceptors (Lipinski definition) is 2. The van der Waals surface area contributed by atoms with Crippen molar-refractivity contribution in [1.82, 2.24) is 9.38 Å². The maximum absolute atomic E-state index is 11.9. The van der Waals surface area contributed by atoms with Crippen LogP contribution in [-0.4, -0.2) is 15.3 Å². The number of carbonyl (C=O) groups is 1. The number of aromatic amines is 1. The van der Waals surface area contributed by atoms with Crippen LogP contribution in [0.25, 0.3) is 16.4 Å². The van der Waals surface area contributed by atoms with Crippen molar-refractivity contribution in [2.24, 2.45) is 5.73 Å². The standard InChI is InChI=1S/C13H11N3O2/c1-7-8-4-2-3-5-9(8)16-10(12(14)17)6-15-13(18)11(7)16/h2-6H,1H3,(H2,14,17)(H,15,18). The molecule has 0 unspecified atom stereocenters. The summed E-state index contributed by atoms with van der Waals surface area (Å²) in [5.74, 6) is -0.572. The summed E-state index contributed by atoms with van der Waals surface area (Å²) >= 11 is 0. The number of aryl methyl sites for hydroxylation is 1. The Balaban J connectivity index is 2.72. The van der Waals surface area contributed by atoms with E-state index in [4.69, 9.17) is 5.73 Å². The average molecular weight is 241 g/mol. The lowest BCUT2D eigenvalue weighted by Crippen LogP contribution is -2.20. The maximum atomic E-state index is 11.9. The molecule has 90 valence electrons. The molecule has 3 rings (SSSR count). The summed E-state index contributed by atoms with van der Waals surface area (Å²) in [5, 5.41) is 0.941. The Labute approximate surface area is 102 Å². The van der Waals surface area contributed by atoms with Gasteiger partial charge in [0.15, 0.2) is 0 Å². The predicted octanol–water partition coefficient (Wildman–Crippen LogP) is 1.19. The van der Waals surface area contributed by atoms with Crippen LogP contribution >= 0.6 is 0 Å². The molecule has 18 heavy (non-hydrogen) atoms. The fourth-order valence-electron chi connectivity index (χ4n) is 2.37. The topological polar surface area (TPSA) is 80.4 Å². The van der Waals surface area contributed by atoms with Crippen LogP contribution in [0.1, 0.15) is 16.1 Å². The highest BCUT2D eigenvalue weighted by atomic mass is 16.1. The minimum Gasteiger partial charge on any atom is -0.364 e. The van der Waals surface area contributed by atoms with Crippen LogP contribution in [0.3, 0.4) is 0 Å². The van der Waals surface area contributed by atoms with E-state index in [1.807, 2.05) is 31.2 Å². The summed E-state index contributed by atoms with van der Waals surface area (Å²) in [6.45, 7) is 1.86. The number of para-hydroxylation sites is 1. The van der Waals surface area contributed by atoms with Gasteiger partial charge in [0.25, 0.3) is 11.5 Å². The van der Waals surface area contributed by atoms with Gasteiger partial charge >= 0.3 is 0 Å². The lowest BCUT2D eigenvalue weighted by atomic mass is 10.2. The van der Waals surface area contributed by atoms with Crippen LogP contribution in [0.2, 0.25) is 0 Å². The molecule has 3 aromatic rings. The number of aromatic nitrogens is 2. The first-order valence-electron chi connectivity index (χ1n) is 5.52. The molecular weight excluding hydrogens is 230 g/mol. The number of amides is 1. The molecule has 0 radical (unpaired) electrons. The SMILES string of the molecule is Cc1c2ccccc2n2c(C(N)=O)c[nH]c(=O)c12. The molecule has 0 saturated heterocycles. The first-order valence-corrected chi connectivity index (χ1v) is 5.52. The highest BCUT2D eigenvalue weighted by Crippen LogP contribution is 2.24. The van der Waals surface area contributed by atoms with Crippen molar-refractivity contribution in [2.75, 3.05) is 0 Å². The molecule has 5 nitrogen and oxygen atoms in total. The largest absolute Gasteiger partial charge is 0.364 e. The Kier molecular flexibility index (Phi) is 2.04. The van der Waals surface area contributed by atoms with Crippen molar-refractivity contribution in [3.8, 4) is 0 Å². The number of primary amides is 1. The molecule has 0 aliphatic heterocycles. The van der Waals surface area contributed by atoms with Crippen molar-refractivity contribution in [2.45, 2.75) is 6.92 Å². The van der Waals surface area contributed by atoms with Crippen LogP contribution < -0.4 is 11.3 Å². The Bertz CT molecular complexity index is 842. The van der Waals surface area contributed by atoms with Gasteiger partial charge in [-0.2, -0.15) is 0 Å². The third kappa shape index (κ3) is 1.21. The number of H-pyrrole nitrogens is 1. The summed E-state index contributed by atoms with van der Waals surface area (Å²) in [7, 11) is 0. The minimum absolute atomic E-state index is 0.228. The second-order valence-corrected chi connectivity index (χ2v) is 4.19. The van der Waals surface area contributed by atoms with Crippen LogP contribution in [-0.2, 0) is 0 Å². The summed E-state index contributed by atoms with van der Waals surface area (Å²) in [5.41, 5.74) is 7.51. The van der Waals surface area contributed by atoms with E-state index in [0.29, 0.717) is 5.52 Å². The van der Waals surface area contributed by atoms with Crippen LogP contribution in [0.15, 0.2) is 35.3 Å². The molecule has 0 bridgehead atoms. The molecule has 0 atom stereocenters. The Morgan fingerprint density at radius 3 is 2.78 bits per heavy atom. The van der Waals surface area contributed by atoms with Gasteiger partial charge in [0, 0.05) is 11.6 Å². The van der Waals surface area contributed by atoms with Gasteiger partial charge in [-0.15, -0.1) is 0 Å². The van der Waals surface area contributed by atoms with E-state index < -0.39 is 5.91 Å². The van der Waals surface area contributed by atoms with E-state index in [0.717, 1.165) is 16.5 Å². The fraction of sp³-hybridized carbons (Fsp3) is 0.0769. The Hall–Kier alpha value is -2.56. The van der Waals surface area contributed by atoms with Crippen LogP contribution in [0.5, 0.6) is 0 Å². The van der Waals surface area contributed by atoms with Crippen molar-refractivity contribution in [1.29, 1.82) is 0 Å². The van der Waals surface area contributed by atoms with Crippen molar-refractivity contribution < 1.29 is 4.79 Å². The lowest BCUT2D eigenvalue weighted by molar-refractivity contribution is 0.0994. The first kappa shape index (κ1) is 10.6. The third-order valence-corrected chi connectivity index (χ3v) is 3.18. The van der Waals surface area contributed by atoms with Crippen molar-refractivity contribution in [3.63, 3.8) is 0 Å². The lowest BCUT2D eigenvalue weighted by Gasteiger charge is -2.02. The van der Waals surface area contributed by atoms with E-state index >= 15 is 0 Å². The molecule has 0 saturated carbocycles. The number of rotatable bonds is 1. The second kappa shape index (κ2) is 3.46. The van der Waals surface area contributed by atoms with Gasteiger partial charge in [-0.05, 0) is 18.6 Å². The van der Waals surface area contributed by atoms with Gasteiger partial charge in [0.2, 0.25) is 0 Å². The number of benzene rings is 1. The molecule has 0 aliphatic carbocycles. The zero-order chi connectivity index (χ0) is 12.9. The van der Waals surface area contributed by atoms with Crippen molar-refractivity contribution >= 4 is 22.3 Å². The molecule has 5 heteroatoms. The number of hydrogen-bond donors (Lipinski definition) is 2. The molecule has 2 heterocycles. The molecule has 0 spiro atoms. The smallest absolute Gasteiger partial charge is 0.272 e. The third-order valence-electron chi connectivity index (χ3n) is 3.18. The van der Waals surface area contributed by atoms with E-state index in [9.17, 15) is 9.59 Å². The highest BCUT2D eigenvalue weighted by molar-refractivity contribution is 5.98. The summed E-state index contributed by atoms with van der Waals surface area (Å²) in [6, 6.07) is 7.54. The second-order valence-electron chi connectivity index (χ2n) is 4.19. The molecule has 0 fully saturated rings. The molecule has 2 aromatic heterocycles. The normalized spacial score (nSPS) is 11.2. The van der Waals surface area contributed by atoms with E-state index in [1.165, 1.54) is 6.20 Å². The Morgan fingerprint density at radius 2 is 2.06 bits per heavy atom. The van der Waals surface area contributed by atoms with Gasteiger partial charge in [-0.3, -0.25) is 14.0 Å². The van der Waals surface area contributed by atoms with Gasteiger partial charge in [0.1, 0.15) is 11.2 Å². The summed E-state index contributed by atoms with van der Waals surface area (Å²) < 4.78 is 1.62. The number of nitrogens with zero attached hydrogens (tertiary/aromatic N) is 1. The zero-order valence-corrected chi connectivity index (χ0v) is 9.73. The van der Waals surface area contributed by atoms with Crippen LogP contribution in [0.4, 0.5) is 0 Å².